The quantitative estimate of drug-likeness (QED) is 0.661. The number of unbranched alkanes of at least 4 members (excludes halogenated alkanes) is 1. The minimum absolute atomic E-state index is 0.000117. The predicted molar refractivity (Wildman–Crippen MR) is 75.1 cm³/mol. The third kappa shape index (κ3) is 5.90. The van der Waals surface area contributed by atoms with E-state index in [1.54, 1.807) is 0 Å². The van der Waals surface area contributed by atoms with E-state index in [0.29, 0.717) is 19.3 Å². The van der Waals surface area contributed by atoms with E-state index in [2.05, 4.69) is 5.32 Å². The predicted octanol–water partition coefficient (Wildman–Crippen LogP) is 0.961. The van der Waals surface area contributed by atoms with Gasteiger partial charge in [0.1, 0.15) is 15.9 Å². The molecule has 1 rings (SSSR count). The van der Waals surface area contributed by atoms with Gasteiger partial charge in [-0.05, 0) is 24.7 Å². The van der Waals surface area contributed by atoms with E-state index < -0.39 is 27.3 Å². The average Bonchev–Trinajstić information content (AvgIpc) is 3.00. The van der Waals surface area contributed by atoms with Crippen molar-refractivity contribution in [3.05, 3.63) is 0 Å². The van der Waals surface area contributed by atoms with Crippen LogP contribution in [0.2, 0.25) is 0 Å². The van der Waals surface area contributed by atoms with E-state index in [0.717, 1.165) is 19.1 Å². The summed E-state index contributed by atoms with van der Waals surface area (Å²) in [6, 6.07) is -0.878. The van der Waals surface area contributed by atoms with Gasteiger partial charge in [0, 0.05) is 12.7 Å². The lowest BCUT2D eigenvalue weighted by molar-refractivity contribution is -0.142. The molecule has 7 heteroatoms. The van der Waals surface area contributed by atoms with Crippen LogP contribution >= 0.6 is 0 Å². The maximum atomic E-state index is 11.9. The Labute approximate surface area is 119 Å². The highest BCUT2D eigenvalue weighted by Crippen LogP contribution is 2.49. The summed E-state index contributed by atoms with van der Waals surface area (Å²) in [5, 5.41) is 11.5. The number of aliphatic carboxylic acids is 1. The van der Waals surface area contributed by atoms with Crippen LogP contribution in [0.3, 0.4) is 0 Å². The van der Waals surface area contributed by atoms with Crippen molar-refractivity contribution >= 4 is 21.7 Å². The summed E-state index contributed by atoms with van der Waals surface area (Å²) in [6.07, 6.45) is 4.66. The van der Waals surface area contributed by atoms with Crippen molar-refractivity contribution in [1.82, 2.24) is 5.32 Å². The molecule has 1 aliphatic carbocycles. The zero-order valence-corrected chi connectivity index (χ0v) is 12.8. The highest BCUT2D eigenvalue weighted by atomic mass is 32.2. The molecule has 1 amide bonds. The molecule has 0 aromatic rings. The molecule has 6 nitrogen and oxygen atoms in total. The first-order valence-electron chi connectivity index (χ1n) is 6.87. The second kappa shape index (κ2) is 6.56. The molecule has 1 saturated carbocycles. The molecule has 0 saturated heterocycles. The Morgan fingerprint density at radius 3 is 2.35 bits per heavy atom. The third-order valence-electron chi connectivity index (χ3n) is 3.54. The summed E-state index contributed by atoms with van der Waals surface area (Å²) in [6.45, 7) is 1.95. The largest absolute Gasteiger partial charge is 0.480 e. The molecule has 1 aliphatic rings. The van der Waals surface area contributed by atoms with Gasteiger partial charge >= 0.3 is 5.97 Å². The summed E-state index contributed by atoms with van der Waals surface area (Å²) in [7, 11) is -3.12. The second-order valence-electron chi connectivity index (χ2n) is 5.85. The Morgan fingerprint density at radius 2 is 1.95 bits per heavy atom. The van der Waals surface area contributed by atoms with Crippen molar-refractivity contribution in [2.45, 2.75) is 51.5 Å². The molecular weight excluding hydrogens is 282 g/mol. The number of carboxylic acid groups (broad SMARTS) is 1. The summed E-state index contributed by atoms with van der Waals surface area (Å²) < 4.78 is 22.6. The van der Waals surface area contributed by atoms with Gasteiger partial charge in [-0.25, -0.2) is 13.2 Å². The third-order valence-corrected chi connectivity index (χ3v) is 4.68. The minimum Gasteiger partial charge on any atom is -0.480 e. The highest BCUT2D eigenvalue weighted by molar-refractivity contribution is 7.90. The van der Waals surface area contributed by atoms with Crippen LogP contribution in [0.15, 0.2) is 0 Å². The van der Waals surface area contributed by atoms with Crippen molar-refractivity contribution in [3.8, 4) is 0 Å². The fourth-order valence-electron chi connectivity index (χ4n) is 2.36. The molecule has 0 heterocycles. The van der Waals surface area contributed by atoms with Crippen LogP contribution in [0.1, 0.15) is 45.4 Å². The van der Waals surface area contributed by atoms with Crippen LogP contribution in [0.4, 0.5) is 0 Å². The fraction of sp³-hybridized carbons (Fsp3) is 0.846. The van der Waals surface area contributed by atoms with Crippen LogP contribution in [0, 0.1) is 5.41 Å². The normalized spacial score (nSPS) is 18.3. The summed E-state index contributed by atoms with van der Waals surface area (Å²) in [5.74, 6) is -1.41. The summed E-state index contributed by atoms with van der Waals surface area (Å²) in [4.78, 5) is 22.9. The van der Waals surface area contributed by atoms with Gasteiger partial charge in [-0.15, -0.1) is 0 Å². The van der Waals surface area contributed by atoms with Gasteiger partial charge < -0.3 is 10.4 Å². The van der Waals surface area contributed by atoms with Crippen molar-refractivity contribution in [2.24, 2.45) is 5.41 Å². The van der Waals surface area contributed by atoms with Crippen LogP contribution in [0.25, 0.3) is 0 Å². The van der Waals surface area contributed by atoms with E-state index in [9.17, 15) is 18.0 Å². The molecule has 0 bridgehead atoms. The topological polar surface area (TPSA) is 101 Å². The first-order valence-corrected chi connectivity index (χ1v) is 8.93. The number of hydrogen-bond acceptors (Lipinski definition) is 4. The molecule has 0 aromatic carbocycles. The number of sulfone groups is 1. The smallest absolute Gasteiger partial charge is 0.326 e. The molecule has 2 N–H and O–H groups in total. The van der Waals surface area contributed by atoms with E-state index in [4.69, 9.17) is 5.11 Å². The highest BCUT2D eigenvalue weighted by Gasteiger charge is 2.46. The Balaban J connectivity index is 2.52. The van der Waals surface area contributed by atoms with Crippen LogP contribution in [-0.2, 0) is 19.4 Å². The van der Waals surface area contributed by atoms with E-state index in [-0.39, 0.29) is 18.1 Å². The van der Waals surface area contributed by atoms with Gasteiger partial charge in [-0.3, -0.25) is 4.79 Å². The standard InChI is InChI=1S/C13H23NO5S/c1-3-4-5-10(12(16)17)14-11(15)8-13(6-7-13)9-20(2,18)19/h10H,3-9H2,1-2H3,(H,14,15)(H,16,17)/t10-/m0/s1. The Kier molecular flexibility index (Phi) is 5.56. The molecule has 0 unspecified atom stereocenters. The monoisotopic (exact) mass is 305 g/mol. The van der Waals surface area contributed by atoms with Crippen molar-refractivity contribution in [2.75, 3.05) is 12.0 Å². The van der Waals surface area contributed by atoms with E-state index in [1.165, 1.54) is 0 Å². The molecule has 0 spiro atoms. The molecular formula is C13H23NO5S. The van der Waals surface area contributed by atoms with Crippen molar-refractivity contribution in [1.29, 1.82) is 0 Å². The van der Waals surface area contributed by atoms with Gasteiger partial charge in [0.05, 0.1) is 5.75 Å². The van der Waals surface area contributed by atoms with E-state index >= 15 is 0 Å². The fourth-order valence-corrected chi connectivity index (χ4v) is 3.86. The number of carbonyl (C=O) groups is 2. The Hall–Kier alpha value is -1.11. The zero-order chi connectivity index (χ0) is 15.4. The lowest BCUT2D eigenvalue weighted by Gasteiger charge is -2.17. The van der Waals surface area contributed by atoms with Crippen molar-refractivity contribution in [3.63, 3.8) is 0 Å². The molecule has 0 radical (unpaired) electrons. The number of hydrogen-bond donors (Lipinski definition) is 2. The minimum atomic E-state index is -3.12. The van der Waals surface area contributed by atoms with Crippen LogP contribution in [-0.4, -0.2) is 43.5 Å². The van der Waals surface area contributed by atoms with Gasteiger partial charge in [0.25, 0.3) is 0 Å². The Bertz CT molecular complexity index is 467. The second-order valence-corrected chi connectivity index (χ2v) is 7.99. The maximum absolute atomic E-state index is 11.9. The van der Waals surface area contributed by atoms with Gasteiger partial charge in [0.2, 0.25) is 5.91 Å². The van der Waals surface area contributed by atoms with Gasteiger partial charge in [0.15, 0.2) is 0 Å². The maximum Gasteiger partial charge on any atom is 0.326 e. The lowest BCUT2D eigenvalue weighted by Crippen LogP contribution is -2.42. The first-order chi connectivity index (χ1) is 9.17. The number of amides is 1. The average molecular weight is 305 g/mol. The number of carboxylic acids is 1. The SMILES string of the molecule is CCCC[C@H](NC(=O)CC1(CS(C)(=O)=O)CC1)C(=O)O. The first kappa shape index (κ1) is 16.9. The van der Waals surface area contributed by atoms with Gasteiger partial charge in [-0.2, -0.15) is 0 Å². The molecule has 1 atom stereocenters. The molecule has 0 aromatic heterocycles. The van der Waals surface area contributed by atoms with Crippen LogP contribution < -0.4 is 5.32 Å². The molecule has 20 heavy (non-hydrogen) atoms. The number of carbonyl (C=O) groups excluding carboxylic acids is 1. The summed E-state index contributed by atoms with van der Waals surface area (Å²) >= 11 is 0. The number of nitrogens with one attached hydrogen (secondary N) is 1. The Morgan fingerprint density at radius 1 is 1.35 bits per heavy atom. The number of rotatable bonds is 9. The van der Waals surface area contributed by atoms with Crippen LogP contribution in [0.5, 0.6) is 0 Å². The molecule has 1 fully saturated rings. The lowest BCUT2D eigenvalue weighted by atomic mass is 10.0. The summed E-state index contributed by atoms with van der Waals surface area (Å²) in [5.41, 5.74) is -0.467. The molecule has 116 valence electrons. The van der Waals surface area contributed by atoms with Crippen molar-refractivity contribution < 1.29 is 23.1 Å². The molecule has 0 aliphatic heterocycles. The van der Waals surface area contributed by atoms with Gasteiger partial charge in [-0.1, -0.05) is 19.8 Å². The van der Waals surface area contributed by atoms with E-state index in [1.807, 2.05) is 6.92 Å². The zero-order valence-electron chi connectivity index (χ0n) is 12.0.